The Morgan fingerprint density at radius 2 is 0.346 bits per heavy atom. The van der Waals surface area contributed by atoms with Gasteiger partial charge in [-0.15, -0.1) is 0 Å². The van der Waals surface area contributed by atoms with Crippen LogP contribution in [-0.4, -0.2) is 16.5 Å². The number of nitrogens with zero attached hydrogens (tertiary/aromatic N) is 1. The molecule has 0 heterocycles. The summed E-state index contributed by atoms with van der Waals surface area (Å²) >= 11 is 0. The molecule has 0 fully saturated rings. The molecular weight excluding hydrogens is 654 g/mol. The van der Waals surface area contributed by atoms with Crippen LogP contribution in [-0.2, 0) is 0 Å². The summed E-state index contributed by atoms with van der Waals surface area (Å²) in [6.45, 7) is 14.2. The minimum Gasteiger partial charge on any atom is -0.666 e. The van der Waals surface area contributed by atoms with Gasteiger partial charge in [-0.25, -0.2) is 0 Å². The van der Waals surface area contributed by atoms with Crippen LogP contribution in [0, 0.1) is 0 Å². The van der Waals surface area contributed by atoms with Crippen molar-refractivity contribution < 1.29 is 18.9 Å². The molecule has 52 heavy (non-hydrogen) atoms. The van der Waals surface area contributed by atoms with E-state index in [1.165, 1.54) is 231 Å². The minimum absolute atomic E-state index is 0. The van der Waals surface area contributed by atoms with Gasteiger partial charge < -0.3 is 4.65 Å². The Bertz CT molecular complexity index is 523. The van der Waals surface area contributed by atoms with Crippen LogP contribution < -0.4 is 18.9 Å². The second-order valence-corrected chi connectivity index (χ2v) is 26.5. The maximum atomic E-state index is 6.82. The quantitative estimate of drug-likeness (QED) is 0.0434. The molecular formula is C48H102LiNSi2. The summed E-state index contributed by atoms with van der Waals surface area (Å²) in [6.07, 6.45) is 52.4. The Morgan fingerprint density at radius 1 is 0.212 bits per heavy atom. The number of rotatable bonds is 44. The first-order valence-electron chi connectivity index (χ1n) is 24.8. The van der Waals surface area contributed by atoms with Crippen molar-refractivity contribution in [2.24, 2.45) is 0 Å². The first-order chi connectivity index (χ1) is 25.1. The fourth-order valence-electron chi connectivity index (χ4n) is 8.99. The van der Waals surface area contributed by atoms with Crippen LogP contribution in [0.3, 0.4) is 0 Å². The van der Waals surface area contributed by atoms with Gasteiger partial charge in [0.1, 0.15) is 0 Å². The van der Waals surface area contributed by atoms with E-state index in [2.05, 4.69) is 41.5 Å². The molecule has 0 aliphatic carbocycles. The first-order valence-corrected chi connectivity index (χ1v) is 29.9. The van der Waals surface area contributed by atoms with E-state index < -0.39 is 16.5 Å². The summed E-state index contributed by atoms with van der Waals surface area (Å²) in [5.74, 6) is 0. The zero-order valence-corrected chi connectivity index (χ0v) is 40.1. The Balaban J connectivity index is 0. The molecule has 0 N–H and O–H groups in total. The minimum atomic E-state index is -1.69. The normalized spacial score (nSPS) is 12.1. The summed E-state index contributed by atoms with van der Waals surface area (Å²) in [5, 5.41) is 0. The molecule has 0 atom stereocenters. The van der Waals surface area contributed by atoms with E-state index in [4.69, 9.17) is 4.65 Å². The third kappa shape index (κ3) is 34.3. The van der Waals surface area contributed by atoms with Crippen LogP contribution in [0.25, 0.3) is 4.65 Å². The molecule has 0 saturated carbocycles. The van der Waals surface area contributed by atoms with E-state index in [0.29, 0.717) is 0 Å². The molecule has 308 valence electrons. The van der Waals surface area contributed by atoms with Crippen LogP contribution >= 0.6 is 0 Å². The standard InChI is InChI=1S/C48H102NSi2.Li/c1-7-13-19-25-31-37-43-50(44-38-32-26-20-14-8-2,45-39-33-27-21-15-9-3)49-51(46-40-34-28-22-16-10-4,47-41-35-29-23-17-11-5)48-42-36-30-24-18-12-6;/h7-48H2,1-6H3;/q-1;+1. The van der Waals surface area contributed by atoms with Gasteiger partial charge in [-0.3, -0.25) is 0 Å². The molecule has 0 aromatic carbocycles. The molecule has 0 saturated heterocycles. The molecule has 0 unspecified atom stereocenters. The van der Waals surface area contributed by atoms with Gasteiger partial charge in [0, 0.05) is 0 Å². The maximum absolute atomic E-state index is 6.82. The fourth-order valence-corrected chi connectivity index (χ4v) is 22.7. The van der Waals surface area contributed by atoms with Crippen LogP contribution in [0.15, 0.2) is 0 Å². The molecule has 0 aromatic rings. The molecule has 4 heteroatoms. The monoisotopic (exact) mass is 756 g/mol. The van der Waals surface area contributed by atoms with E-state index >= 15 is 0 Å². The molecule has 1 nitrogen and oxygen atoms in total. The Hall–Kier alpha value is 0.991. The number of hydrogen-bond acceptors (Lipinski definition) is 0. The van der Waals surface area contributed by atoms with E-state index in [0.717, 1.165) is 0 Å². The van der Waals surface area contributed by atoms with Gasteiger partial charge in [0.05, 0.1) is 0 Å². The summed E-state index contributed by atoms with van der Waals surface area (Å²) in [4.78, 5) is 0. The molecule has 0 radical (unpaired) electrons. The van der Waals surface area contributed by atoms with Gasteiger partial charge in [-0.2, -0.15) is 0 Å². The predicted octanol–water partition coefficient (Wildman–Crippen LogP) is 16.4. The van der Waals surface area contributed by atoms with E-state index in [1.807, 2.05) is 0 Å². The molecule has 0 bridgehead atoms. The van der Waals surface area contributed by atoms with Crippen molar-refractivity contribution in [3.8, 4) is 0 Å². The van der Waals surface area contributed by atoms with Gasteiger partial charge in [0.25, 0.3) is 0 Å². The largest absolute Gasteiger partial charge is 1.00 e. The van der Waals surface area contributed by atoms with Crippen molar-refractivity contribution in [1.82, 2.24) is 0 Å². The zero-order valence-electron chi connectivity index (χ0n) is 38.1. The van der Waals surface area contributed by atoms with Crippen molar-refractivity contribution in [2.45, 2.75) is 309 Å². The fraction of sp³-hybridized carbons (Fsp3) is 1.00. The van der Waals surface area contributed by atoms with Crippen molar-refractivity contribution >= 4 is 16.5 Å². The second kappa shape index (κ2) is 43.1. The van der Waals surface area contributed by atoms with E-state index in [9.17, 15) is 0 Å². The maximum Gasteiger partial charge on any atom is 1.00 e. The second-order valence-electron chi connectivity index (χ2n) is 17.7. The van der Waals surface area contributed by atoms with Gasteiger partial charge in [0.2, 0.25) is 0 Å². The Kier molecular flexibility index (Phi) is 45.7. The van der Waals surface area contributed by atoms with E-state index in [-0.39, 0.29) is 18.9 Å². The number of unbranched alkanes of at least 4 members (excludes halogenated alkanes) is 30. The van der Waals surface area contributed by atoms with Crippen LogP contribution in [0.4, 0.5) is 0 Å². The zero-order chi connectivity index (χ0) is 37.4. The van der Waals surface area contributed by atoms with Gasteiger partial charge in [-0.05, 0) is 0 Å². The topological polar surface area (TPSA) is 14.1 Å². The van der Waals surface area contributed by atoms with Crippen molar-refractivity contribution in [3.05, 3.63) is 4.65 Å². The molecule has 0 amide bonds. The summed E-state index contributed by atoms with van der Waals surface area (Å²) in [7, 11) is -3.39. The predicted molar refractivity (Wildman–Crippen MR) is 244 cm³/mol. The molecule has 0 rings (SSSR count). The van der Waals surface area contributed by atoms with Gasteiger partial charge >= 0.3 is 18.9 Å². The third-order valence-electron chi connectivity index (χ3n) is 12.4. The third-order valence-corrected chi connectivity index (χ3v) is 23.9. The van der Waals surface area contributed by atoms with Crippen LogP contribution in [0.5, 0.6) is 0 Å². The van der Waals surface area contributed by atoms with Crippen LogP contribution in [0.1, 0.15) is 273 Å². The van der Waals surface area contributed by atoms with Crippen LogP contribution in [0.2, 0.25) is 36.3 Å². The SMILES string of the molecule is CCCCCCCC[Si](CCCCCCCC)(CCCCCCCC)[N-][Si](CCCCCCCC)(CCCCCCCC)CCCCCCCC.[Li+]. The smallest absolute Gasteiger partial charge is 0.666 e. The number of hydrogen-bond donors (Lipinski definition) is 0. The summed E-state index contributed by atoms with van der Waals surface area (Å²) < 4.78 is 6.82. The van der Waals surface area contributed by atoms with Gasteiger partial charge in [-0.1, -0.05) is 325 Å². The average Bonchev–Trinajstić information content (AvgIpc) is 3.13. The molecule has 0 spiro atoms. The van der Waals surface area contributed by atoms with Crippen molar-refractivity contribution in [1.29, 1.82) is 0 Å². The molecule has 0 aliphatic rings. The Labute approximate surface area is 347 Å². The first kappa shape index (κ1) is 55.1. The molecule has 0 aliphatic heterocycles. The summed E-state index contributed by atoms with van der Waals surface area (Å²) in [6, 6.07) is 9.34. The van der Waals surface area contributed by atoms with Crippen molar-refractivity contribution in [2.75, 3.05) is 0 Å². The van der Waals surface area contributed by atoms with Crippen molar-refractivity contribution in [3.63, 3.8) is 0 Å². The van der Waals surface area contributed by atoms with E-state index in [1.54, 1.807) is 36.3 Å². The molecule has 0 aromatic heterocycles. The Morgan fingerprint density at radius 3 is 0.500 bits per heavy atom. The van der Waals surface area contributed by atoms with Gasteiger partial charge in [0.15, 0.2) is 0 Å². The average molecular weight is 756 g/mol. The summed E-state index contributed by atoms with van der Waals surface area (Å²) in [5.41, 5.74) is 0.